The Morgan fingerprint density at radius 2 is 1.86 bits per heavy atom. The summed E-state index contributed by atoms with van der Waals surface area (Å²) in [4.78, 5) is 25.4. The lowest BCUT2D eigenvalue weighted by Crippen LogP contribution is -2.41. The maximum atomic E-state index is 12.6. The molecule has 1 aliphatic rings. The number of ether oxygens (including phenoxy) is 2. The number of hydrogen-bond donors (Lipinski definition) is 0. The molecule has 9 heteroatoms. The number of nitrogens with zero attached hydrogens (tertiary/aromatic N) is 3. The molecule has 0 unspecified atom stereocenters. The molecule has 0 saturated carbocycles. The fourth-order valence-electron chi connectivity index (χ4n) is 5.19. The molecular formula is C33H39N3O5S. The number of benzene rings is 2. The first-order chi connectivity index (χ1) is 20.4. The minimum absolute atomic E-state index is 0.0453. The number of hydrogen-bond acceptors (Lipinski definition) is 7. The van der Waals surface area contributed by atoms with E-state index >= 15 is 0 Å². The largest absolute Gasteiger partial charge is 0.444 e. The molecule has 0 bridgehead atoms. The lowest BCUT2D eigenvalue weighted by atomic mass is 10.0. The van der Waals surface area contributed by atoms with Gasteiger partial charge in [-0.1, -0.05) is 46.8 Å². The molecule has 1 aliphatic heterocycles. The molecule has 8 nitrogen and oxygen atoms in total. The number of rotatable bonds is 12. The van der Waals surface area contributed by atoms with Crippen molar-refractivity contribution in [2.75, 3.05) is 13.2 Å². The molecule has 2 aromatic heterocycles. The number of likely N-dealkylation sites (tertiary alicyclic amines) is 1. The summed E-state index contributed by atoms with van der Waals surface area (Å²) >= 11 is 1.18. The van der Waals surface area contributed by atoms with Gasteiger partial charge in [-0.2, -0.15) is 4.73 Å². The average molecular weight is 590 g/mol. The van der Waals surface area contributed by atoms with E-state index in [1.54, 1.807) is 9.63 Å². The van der Waals surface area contributed by atoms with Gasteiger partial charge in [0.2, 0.25) is 0 Å². The highest BCUT2D eigenvalue weighted by atomic mass is 32.2. The van der Waals surface area contributed by atoms with Gasteiger partial charge in [-0.05, 0) is 87.8 Å². The van der Waals surface area contributed by atoms with Gasteiger partial charge in [0.1, 0.15) is 5.60 Å². The summed E-state index contributed by atoms with van der Waals surface area (Å²) in [5.41, 5.74) is 3.92. The van der Waals surface area contributed by atoms with E-state index in [9.17, 15) is 4.79 Å². The molecular weight excluding hydrogens is 550 g/mol. The van der Waals surface area contributed by atoms with Crippen molar-refractivity contribution in [1.29, 1.82) is 0 Å². The number of pyridine rings is 1. The van der Waals surface area contributed by atoms with E-state index in [-0.39, 0.29) is 12.1 Å². The zero-order valence-electron chi connectivity index (χ0n) is 24.5. The van der Waals surface area contributed by atoms with Gasteiger partial charge in [-0.25, -0.2) is 9.78 Å². The first-order valence-corrected chi connectivity index (χ1v) is 15.3. The Bertz CT molecular complexity index is 1450. The quantitative estimate of drug-likeness (QED) is 0.0983. The van der Waals surface area contributed by atoms with Crippen LogP contribution in [0.15, 0.2) is 84.1 Å². The Balaban J connectivity index is 1.11. The van der Waals surface area contributed by atoms with Crippen LogP contribution in [0.5, 0.6) is 0 Å². The summed E-state index contributed by atoms with van der Waals surface area (Å²) in [6.45, 7) is 7.34. The molecule has 2 aromatic carbocycles. The van der Waals surface area contributed by atoms with Crippen molar-refractivity contribution in [2.45, 2.75) is 76.0 Å². The van der Waals surface area contributed by atoms with Crippen LogP contribution in [0.4, 0.5) is 4.79 Å². The van der Waals surface area contributed by atoms with Crippen LogP contribution in [-0.4, -0.2) is 45.5 Å². The molecule has 0 spiro atoms. The second-order valence-electron chi connectivity index (χ2n) is 11.6. The molecule has 1 saturated heterocycles. The van der Waals surface area contributed by atoms with Crippen LogP contribution in [0, 0.1) is 0 Å². The van der Waals surface area contributed by atoms with Crippen molar-refractivity contribution in [2.24, 2.45) is 0 Å². The monoisotopic (exact) mass is 589 g/mol. The molecule has 1 amide bonds. The van der Waals surface area contributed by atoms with Crippen molar-refractivity contribution in [3.8, 4) is 0 Å². The van der Waals surface area contributed by atoms with Crippen molar-refractivity contribution < 1.29 is 23.6 Å². The Hall–Kier alpha value is -3.53. The summed E-state index contributed by atoms with van der Waals surface area (Å²) in [5, 5.41) is 1.11. The number of carbonyl (C=O) groups is 1. The van der Waals surface area contributed by atoms with Crippen LogP contribution in [0.3, 0.4) is 0 Å². The van der Waals surface area contributed by atoms with Gasteiger partial charge in [0.25, 0.3) is 0 Å². The van der Waals surface area contributed by atoms with E-state index in [2.05, 4.69) is 29.2 Å². The van der Waals surface area contributed by atoms with Crippen LogP contribution < -0.4 is 4.99 Å². The van der Waals surface area contributed by atoms with E-state index in [4.69, 9.17) is 18.8 Å². The van der Waals surface area contributed by atoms with Gasteiger partial charge in [0.15, 0.2) is 0 Å². The molecule has 1 fully saturated rings. The van der Waals surface area contributed by atoms with Crippen LogP contribution in [0.25, 0.3) is 10.9 Å². The van der Waals surface area contributed by atoms with Crippen molar-refractivity contribution in [3.63, 3.8) is 0 Å². The van der Waals surface area contributed by atoms with Crippen molar-refractivity contribution >= 4 is 29.0 Å². The van der Waals surface area contributed by atoms with E-state index in [1.807, 2.05) is 75.8 Å². The average Bonchev–Trinajstić information content (AvgIpc) is 3.61. The number of fused-ring (bicyclic) bond motifs is 1. The Morgan fingerprint density at radius 1 is 1.02 bits per heavy atom. The van der Waals surface area contributed by atoms with Crippen LogP contribution in [0.1, 0.15) is 56.7 Å². The predicted octanol–water partition coefficient (Wildman–Crippen LogP) is 7.20. The van der Waals surface area contributed by atoms with Gasteiger partial charge in [0, 0.05) is 35.4 Å². The Labute approximate surface area is 252 Å². The fourth-order valence-corrected chi connectivity index (χ4v) is 5.63. The molecule has 3 heterocycles. The summed E-state index contributed by atoms with van der Waals surface area (Å²) in [6.07, 6.45) is 10.0. The van der Waals surface area contributed by atoms with Gasteiger partial charge in [0.05, 0.1) is 36.8 Å². The first kappa shape index (κ1) is 29.9. The molecule has 5 rings (SSSR count). The minimum Gasteiger partial charge on any atom is -0.444 e. The third kappa shape index (κ3) is 8.27. The maximum absolute atomic E-state index is 12.6. The molecule has 0 aliphatic carbocycles. The standard InChI is InChI=1S/C33H39N3O5S/c1-33(2,3)39-32(37)35-18-9-14-29(35)24-38-23-26-20-25(21-34-22-26)10-7-11-27-12-8-13-28-17-19-36(31(27)28)40-41-42-30-15-5-4-6-16-30/h4-6,8,12-13,15-17,19-22,29H,7,9-11,14,18,23-24H2,1-3H3/t29-/m0/s1. The van der Waals surface area contributed by atoms with E-state index in [0.717, 1.165) is 53.5 Å². The normalized spacial score (nSPS) is 15.3. The predicted molar refractivity (Wildman–Crippen MR) is 164 cm³/mol. The maximum Gasteiger partial charge on any atom is 0.410 e. The third-order valence-corrected chi connectivity index (χ3v) is 7.69. The number of aryl methyl sites for hydroxylation is 2. The van der Waals surface area contributed by atoms with E-state index in [0.29, 0.717) is 19.8 Å². The number of para-hydroxylation sites is 1. The fraction of sp³-hybridized carbons (Fsp3) is 0.394. The van der Waals surface area contributed by atoms with Crippen molar-refractivity contribution in [1.82, 2.24) is 14.6 Å². The van der Waals surface area contributed by atoms with Crippen LogP contribution in [0.2, 0.25) is 0 Å². The summed E-state index contributed by atoms with van der Waals surface area (Å²) in [5.74, 6) is 0. The topological polar surface area (TPSA) is 75.0 Å². The number of carbonyl (C=O) groups excluding carboxylic acids is 1. The van der Waals surface area contributed by atoms with E-state index < -0.39 is 5.60 Å². The molecule has 0 radical (unpaired) electrons. The highest BCUT2D eigenvalue weighted by Gasteiger charge is 2.32. The lowest BCUT2D eigenvalue weighted by molar-refractivity contribution is -0.188. The second kappa shape index (κ2) is 14.1. The lowest BCUT2D eigenvalue weighted by Gasteiger charge is -2.28. The Morgan fingerprint density at radius 3 is 2.69 bits per heavy atom. The zero-order chi connectivity index (χ0) is 29.4. The van der Waals surface area contributed by atoms with Crippen molar-refractivity contribution in [3.05, 3.63) is 95.9 Å². The van der Waals surface area contributed by atoms with Gasteiger partial charge in [-0.15, -0.1) is 0 Å². The van der Waals surface area contributed by atoms with Gasteiger partial charge in [-0.3, -0.25) is 4.98 Å². The van der Waals surface area contributed by atoms with Crippen LogP contribution in [-0.2, 0) is 33.3 Å². The van der Waals surface area contributed by atoms with E-state index in [1.165, 1.54) is 23.2 Å². The smallest absolute Gasteiger partial charge is 0.410 e. The summed E-state index contributed by atoms with van der Waals surface area (Å²) in [6, 6.07) is 20.4. The highest BCUT2D eigenvalue weighted by molar-refractivity contribution is 7.94. The second-order valence-corrected chi connectivity index (χ2v) is 12.3. The van der Waals surface area contributed by atoms with Gasteiger partial charge < -0.3 is 14.4 Å². The minimum atomic E-state index is -0.502. The molecule has 1 atom stereocenters. The molecule has 0 N–H and O–H groups in total. The van der Waals surface area contributed by atoms with Crippen LogP contribution >= 0.6 is 12.0 Å². The third-order valence-electron chi connectivity index (χ3n) is 7.09. The summed E-state index contributed by atoms with van der Waals surface area (Å²) < 4.78 is 18.7. The number of amides is 1. The summed E-state index contributed by atoms with van der Waals surface area (Å²) in [7, 11) is 0. The molecule has 4 aromatic rings. The van der Waals surface area contributed by atoms with Gasteiger partial charge >= 0.3 is 6.09 Å². The SMILES string of the molecule is CC(C)(C)OC(=O)N1CCC[C@H]1COCc1cncc(CCCc2cccc3ccn(OOSc4ccccc4)c23)c1. The molecule has 222 valence electrons. The first-order valence-electron chi connectivity index (χ1n) is 14.5. The molecule has 42 heavy (non-hydrogen) atoms. The Kier molecular flexibility index (Phi) is 10.0. The highest BCUT2D eigenvalue weighted by Crippen LogP contribution is 2.24. The zero-order valence-corrected chi connectivity index (χ0v) is 25.3. The number of aromatic nitrogens is 2.